The first-order valence-electron chi connectivity index (χ1n) is 8.41. The topological polar surface area (TPSA) is 133 Å². The van der Waals surface area contributed by atoms with E-state index in [0.717, 1.165) is 4.68 Å². The molecule has 0 radical (unpaired) electrons. The van der Waals surface area contributed by atoms with E-state index in [1.165, 1.54) is 42.7 Å². The third-order valence-electron chi connectivity index (χ3n) is 3.74. The van der Waals surface area contributed by atoms with Crippen LogP contribution in [0.4, 0.5) is 0 Å². The van der Waals surface area contributed by atoms with Crippen molar-refractivity contribution in [2.45, 2.75) is 11.4 Å². The summed E-state index contributed by atoms with van der Waals surface area (Å²) in [6, 6.07) is 9.45. The minimum atomic E-state index is -3.71. The lowest BCUT2D eigenvalue weighted by atomic mass is 10.3. The van der Waals surface area contributed by atoms with Crippen LogP contribution in [-0.2, 0) is 21.4 Å². The van der Waals surface area contributed by atoms with Gasteiger partial charge in [0, 0.05) is 13.1 Å². The highest BCUT2D eigenvalue weighted by Gasteiger charge is 2.15. The Hall–Kier alpha value is -2.96. The first-order chi connectivity index (χ1) is 13.9. The van der Waals surface area contributed by atoms with E-state index in [9.17, 15) is 18.0 Å². The number of hydrogen-bond acceptors (Lipinski definition) is 8. The zero-order valence-corrected chi connectivity index (χ0v) is 17.0. The van der Waals surface area contributed by atoms with E-state index in [4.69, 9.17) is 9.15 Å². The van der Waals surface area contributed by atoms with E-state index in [2.05, 4.69) is 15.1 Å². The fraction of sp³-hybridized carbons (Fsp3) is 0.235. The maximum atomic E-state index is 12.2. The van der Waals surface area contributed by atoms with E-state index >= 15 is 0 Å². The van der Waals surface area contributed by atoms with Crippen molar-refractivity contribution in [1.29, 1.82) is 0 Å². The van der Waals surface area contributed by atoms with E-state index in [1.807, 2.05) is 5.38 Å². The molecule has 2 aromatic heterocycles. The van der Waals surface area contributed by atoms with Crippen LogP contribution in [0.15, 0.2) is 55.9 Å². The van der Waals surface area contributed by atoms with Gasteiger partial charge < -0.3 is 14.5 Å². The molecule has 2 heterocycles. The second-order valence-corrected chi connectivity index (χ2v) is 8.45. The van der Waals surface area contributed by atoms with E-state index in [1.54, 1.807) is 12.1 Å². The molecule has 0 bridgehead atoms. The molecule has 0 spiro atoms. The molecule has 0 aliphatic rings. The van der Waals surface area contributed by atoms with Gasteiger partial charge in [-0.25, -0.2) is 17.9 Å². The van der Waals surface area contributed by atoms with Crippen LogP contribution >= 0.6 is 11.3 Å². The number of aromatic nitrogens is 2. The third kappa shape index (κ3) is 5.31. The second-order valence-electron chi connectivity index (χ2n) is 5.73. The number of ether oxygens (including phenoxy) is 1. The van der Waals surface area contributed by atoms with Crippen molar-refractivity contribution in [1.82, 2.24) is 19.8 Å². The van der Waals surface area contributed by atoms with Gasteiger partial charge in [0.2, 0.25) is 15.9 Å². The first kappa shape index (κ1) is 20.8. The number of hydrogen-bond donors (Lipinski definition) is 2. The third-order valence-corrected chi connectivity index (χ3v) is 6.08. The summed E-state index contributed by atoms with van der Waals surface area (Å²) in [5.74, 6) is -0.558. The number of carbonyl (C=O) groups excluding carboxylic acids is 1. The Kier molecular flexibility index (Phi) is 6.46. The van der Waals surface area contributed by atoms with Crippen molar-refractivity contribution in [3.8, 4) is 16.5 Å². The molecule has 12 heteroatoms. The van der Waals surface area contributed by atoms with Crippen LogP contribution < -0.4 is 20.5 Å². The van der Waals surface area contributed by atoms with Gasteiger partial charge in [-0.05, 0) is 35.7 Å². The van der Waals surface area contributed by atoms with Crippen molar-refractivity contribution >= 4 is 27.3 Å². The molecular weight excluding hydrogens is 420 g/mol. The molecule has 1 amide bonds. The number of rotatable bonds is 9. The van der Waals surface area contributed by atoms with E-state index in [0.29, 0.717) is 10.6 Å². The highest BCUT2D eigenvalue weighted by molar-refractivity contribution is 7.89. The highest BCUT2D eigenvalue weighted by Crippen LogP contribution is 2.21. The Morgan fingerprint density at radius 3 is 2.66 bits per heavy atom. The smallest absolute Gasteiger partial charge is 0.437 e. The van der Waals surface area contributed by atoms with Crippen LogP contribution in [0.5, 0.6) is 5.75 Å². The Bertz CT molecular complexity index is 1120. The number of methoxy groups -OCH3 is 1. The zero-order chi connectivity index (χ0) is 20.9. The summed E-state index contributed by atoms with van der Waals surface area (Å²) < 4.78 is 37.7. The standard InChI is InChI=1S/C17H18N4O6S2/c1-26-12-4-6-13(7-5-12)29(24,25)19-9-8-18-15(22)11-21-17(23)27-16(20-21)14-3-2-10-28-14/h2-7,10,19H,8-9,11H2,1H3,(H,18,22). The fourth-order valence-electron chi connectivity index (χ4n) is 2.32. The number of carbonyl (C=O) groups is 1. The first-order valence-corrected chi connectivity index (χ1v) is 10.8. The molecule has 3 aromatic rings. The quantitative estimate of drug-likeness (QED) is 0.469. The van der Waals surface area contributed by atoms with Crippen molar-refractivity contribution < 1.29 is 22.4 Å². The monoisotopic (exact) mass is 438 g/mol. The average molecular weight is 438 g/mol. The summed E-state index contributed by atoms with van der Waals surface area (Å²) in [6.45, 7) is -0.314. The molecule has 1 aromatic carbocycles. The summed E-state index contributed by atoms with van der Waals surface area (Å²) in [7, 11) is -2.22. The molecule has 29 heavy (non-hydrogen) atoms. The molecule has 0 saturated carbocycles. The Labute approximate surface area is 170 Å². The summed E-state index contributed by atoms with van der Waals surface area (Å²) >= 11 is 1.36. The molecule has 2 N–H and O–H groups in total. The molecule has 154 valence electrons. The molecule has 0 aliphatic carbocycles. The van der Waals surface area contributed by atoms with Gasteiger partial charge in [0.15, 0.2) is 0 Å². The predicted molar refractivity (Wildman–Crippen MR) is 105 cm³/mol. The lowest BCUT2D eigenvalue weighted by Crippen LogP contribution is -2.37. The van der Waals surface area contributed by atoms with Crippen LogP contribution in [0.3, 0.4) is 0 Å². The number of benzene rings is 1. The van der Waals surface area contributed by atoms with Gasteiger partial charge in [-0.3, -0.25) is 4.79 Å². The van der Waals surface area contributed by atoms with Gasteiger partial charge in [0.1, 0.15) is 12.3 Å². The molecule has 0 unspecified atom stereocenters. The summed E-state index contributed by atoms with van der Waals surface area (Å²) in [5.41, 5.74) is 0. The van der Waals surface area contributed by atoms with E-state index < -0.39 is 21.7 Å². The number of nitrogens with one attached hydrogen (secondary N) is 2. The van der Waals surface area contributed by atoms with Gasteiger partial charge in [-0.15, -0.1) is 16.4 Å². The molecular formula is C17H18N4O6S2. The fourth-order valence-corrected chi connectivity index (χ4v) is 4.00. The number of nitrogens with zero attached hydrogens (tertiary/aromatic N) is 2. The lowest BCUT2D eigenvalue weighted by Gasteiger charge is -2.08. The SMILES string of the molecule is COc1ccc(S(=O)(=O)NCCNC(=O)Cn2nc(-c3cccs3)oc2=O)cc1. The largest absolute Gasteiger partial charge is 0.497 e. The van der Waals surface area contributed by atoms with Crippen molar-refractivity contribution in [2.24, 2.45) is 0 Å². The normalized spacial score (nSPS) is 11.3. The van der Waals surface area contributed by atoms with Crippen LogP contribution in [0.2, 0.25) is 0 Å². The Balaban J connectivity index is 1.48. The van der Waals surface area contributed by atoms with Crippen LogP contribution in [0.25, 0.3) is 10.8 Å². The summed E-state index contributed by atoms with van der Waals surface area (Å²) in [6.07, 6.45) is 0. The van der Waals surface area contributed by atoms with Crippen LogP contribution in [0.1, 0.15) is 0 Å². The Morgan fingerprint density at radius 2 is 2.00 bits per heavy atom. The summed E-state index contributed by atoms with van der Waals surface area (Å²) in [5, 5.41) is 8.31. The van der Waals surface area contributed by atoms with Gasteiger partial charge in [-0.1, -0.05) is 6.07 Å². The maximum Gasteiger partial charge on any atom is 0.437 e. The van der Waals surface area contributed by atoms with Crippen molar-refractivity contribution in [3.05, 3.63) is 52.3 Å². The number of sulfonamides is 1. The summed E-state index contributed by atoms with van der Waals surface area (Å²) in [4.78, 5) is 24.5. The minimum absolute atomic E-state index is 0.0196. The van der Waals surface area contributed by atoms with Crippen LogP contribution in [-0.4, -0.2) is 44.3 Å². The molecule has 3 rings (SSSR count). The molecule has 0 saturated heterocycles. The molecule has 0 fully saturated rings. The number of thiophene rings is 1. The maximum absolute atomic E-state index is 12.2. The van der Waals surface area contributed by atoms with Crippen molar-refractivity contribution in [3.63, 3.8) is 0 Å². The van der Waals surface area contributed by atoms with Gasteiger partial charge in [0.05, 0.1) is 16.9 Å². The molecule has 0 aliphatic heterocycles. The lowest BCUT2D eigenvalue weighted by molar-refractivity contribution is -0.121. The number of amides is 1. The van der Waals surface area contributed by atoms with Gasteiger partial charge in [0.25, 0.3) is 5.89 Å². The highest BCUT2D eigenvalue weighted by atomic mass is 32.2. The van der Waals surface area contributed by atoms with Crippen molar-refractivity contribution in [2.75, 3.05) is 20.2 Å². The predicted octanol–water partition coefficient (Wildman–Crippen LogP) is 0.668. The second kappa shape index (κ2) is 9.03. The zero-order valence-electron chi connectivity index (χ0n) is 15.3. The van der Waals surface area contributed by atoms with Gasteiger partial charge in [-0.2, -0.15) is 4.68 Å². The molecule has 0 atom stereocenters. The molecule has 10 nitrogen and oxygen atoms in total. The Morgan fingerprint density at radius 1 is 1.24 bits per heavy atom. The van der Waals surface area contributed by atoms with Crippen LogP contribution in [0, 0.1) is 0 Å². The average Bonchev–Trinajstić information content (AvgIpc) is 3.36. The minimum Gasteiger partial charge on any atom is -0.497 e. The van der Waals surface area contributed by atoms with Gasteiger partial charge >= 0.3 is 5.76 Å². The van der Waals surface area contributed by atoms with E-state index in [-0.39, 0.29) is 30.4 Å².